The van der Waals surface area contributed by atoms with Crippen LogP contribution in [-0.2, 0) is 24.1 Å². The summed E-state index contributed by atoms with van der Waals surface area (Å²) in [7, 11) is -2.06. The van der Waals surface area contributed by atoms with Crippen molar-refractivity contribution in [3.05, 3.63) is 101 Å². The highest BCUT2D eigenvalue weighted by Crippen LogP contribution is 2.14. The molecule has 2 heterocycles. The van der Waals surface area contributed by atoms with Gasteiger partial charge in [0.2, 0.25) is 0 Å². The van der Waals surface area contributed by atoms with Crippen LogP contribution in [0.2, 0.25) is 0 Å². The second kappa shape index (κ2) is 15.9. The zero-order chi connectivity index (χ0) is 31.2. The van der Waals surface area contributed by atoms with Crippen LogP contribution < -0.4 is 10.6 Å². The first-order chi connectivity index (χ1) is 19.1. The Kier molecular flexibility index (Phi) is 13.4. The second-order valence-electron chi connectivity index (χ2n) is 9.55. The summed E-state index contributed by atoms with van der Waals surface area (Å²) < 4.78 is 32.7. The van der Waals surface area contributed by atoms with Crippen molar-refractivity contribution in [2.24, 2.45) is 0 Å². The average molecular weight is 577 g/mol. The Labute approximate surface area is 242 Å². The maximum Gasteiger partial charge on any atom is 0.356 e. The van der Waals surface area contributed by atoms with Gasteiger partial charge in [0.1, 0.15) is 11.3 Å². The lowest BCUT2D eigenvalue weighted by Gasteiger charge is -2.17. The number of nitrogens with zero attached hydrogens (tertiary/aromatic N) is 2. The molecule has 8 nitrogen and oxygen atoms in total. The van der Waals surface area contributed by atoms with Crippen molar-refractivity contribution in [1.82, 2.24) is 9.97 Å². The normalized spacial score (nSPS) is 11.1. The van der Waals surface area contributed by atoms with Gasteiger partial charge in [0.15, 0.2) is 9.84 Å². The van der Waals surface area contributed by atoms with Gasteiger partial charge in [0, 0.05) is 36.7 Å². The number of ether oxygens (including phenoxy) is 2. The van der Waals surface area contributed by atoms with E-state index in [1.807, 2.05) is 39.8 Å². The summed E-state index contributed by atoms with van der Waals surface area (Å²) in [6, 6.07) is 13.5. The third kappa shape index (κ3) is 12.9. The lowest BCUT2D eigenvalue weighted by atomic mass is 10.2. The topological polar surface area (TPSA) is 113 Å². The predicted octanol–water partition coefficient (Wildman–Crippen LogP) is 3.87. The molecular formula is C32H36N2O6S. The molecule has 0 spiro atoms. The van der Waals surface area contributed by atoms with Gasteiger partial charge in [0.25, 0.3) is 0 Å². The van der Waals surface area contributed by atoms with Crippen LogP contribution >= 0.6 is 0 Å². The molecule has 0 radical (unpaired) electrons. The summed E-state index contributed by atoms with van der Waals surface area (Å²) in [5.74, 6) is 4.89. The number of carbonyl (C=O) groups excluding carboxylic acids is 2. The fourth-order valence-electron chi connectivity index (χ4n) is 3.05. The zero-order valence-corrected chi connectivity index (χ0v) is 25.3. The molecule has 0 bridgehead atoms. The van der Waals surface area contributed by atoms with E-state index in [0.29, 0.717) is 11.1 Å². The van der Waals surface area contributed by atoms with Crippen LogP contribution in [0, 0.1) is 11.8 Å². The van der Waals surface area contributed by atoms with Gasteiger partial charge in [-0.3, -0.25) is 9.78 Å². The van der Waals surface area contributed by atoms with Crippen LogP contribution in [-0.4, -0.2) is 49.3 Å². The van der Waals surface area contributed by atoms with E-state index in [2.05, 4.69) is 39.7 Å². The first kappa shape index (κ1) is 34.5. The molecule has 3 aromatic rings. The Hall–Kier alpha value is -4.55. The largest absolute Gasteiger partial charge is 0.464 e. The molecule has 0 saturated heterocycles. The fraction of sp³-hybridized carbons (Fsp3) is 0.250. The smallest absolute Gasteiger partial charge is 0.356 e. The number of esters is 2. The molecule has 0 amide bonds. The number of rotatable bonds is 3. The molecule has 0 atom stereocenters. The third-order valence-corrected chi connectivity index (χ3v) is 5.96. The molecule has 3 rings (SSSR count). The molecule has 0 N–H and O–H groups in total. The highest BCUT2D eigenvalue weighted by atomic mass is 32.2. The Morgan fingerprint density at radius 2 is 1.63 bits per heavy atom. The molecule has 216 valence electrons. The van der Waals surface area contributed by atoms with E-state index >= 15 is 0 Å². The first-order valence-electron chi connectivity index (χ1n) is 12.4. The number of carbonyl (C=O) groups is 2. The number of allylic oxidation sites excluding steroid dienone is 1. The minimum Gasteiger partial charge on any atom is -0.464 e. The Morgan fingerprint density at radius 1 is 0.976 bits per heavy atom. The SMILES string of the molecule is C=C/C(C)=c1/ncccc1=C.CC(=O)OC(C)(C)C.COC(=O)c1ccc(C#Cc2ccccc2S(C)(=O)=O)cn1. The van der Waals surface area contributed by atoms with Crippen LogP contribution in [0.3, 0.4) is 0 Å². The number of methoxy groups -OCH3 is 1. The van der Waals surface area contributed by atoms with Crippen LogP contribution in [0.5, 0.6) is 0 Å². The molecule has 0 unspecified atom stereocenters. The minimum atomic E-state index is -3.34. The standard InChI is InChI=1S/C16H13NO4S.C10H11N.C6H12O2/c1-21-16(18)14-10-8-12(11-17-14)7-9-13-5-3-4-6-15(13)22(2,19)20;1-4-8(2)10-9(3)6-5-7-11-10;1-5(7)8-6(2,3)4/h3-6,8,10-11H,1-2H3;4-7H,1,3H2,2H3;1-4H3/b;10-8+;. The predicted molar refractivity (Wildman–Crippen MR) is 161 cm³/mol. The zero-order valence-electron chi connectivity index (χ0n) is 24.5. The van der Waals surface area contributed by atoms with E-state index in [-0.39, 0.29) is 22.2 Å². The molecule has 9 heteroatoms. The first-order valence-corrected chi connectivity index (χ1v) is 14.3. The molecule has 0 aliphatic carbocycles. The lowest BCUT2D eigenvalue weighted by Crippen LogP contribution is -2.27. The monoisotopic (exact) mass is 576 g/mol. The Bertz CT molecular complexity index is 1640. The van der Waals surface area contributed by atoms with Gasteiger partial charge in [-0.2, -0.15) is 0 Å². The van der Waals surface area contributed by atoms with E-state index in [9.17, 15) is 18.0 Å². The van der Waals surface area contributed by atoms with Crippen molar-refractivity contribution in [2.75, 3.05) is 13.4 Å². The van der Waals surface area contributed by atoms with Gasteiger partial charge in [-0.25, -0.2) is 18.2 Å². The van der Waals surface area contributed by atoms with Crippen molar-refractivity contribution < 1.29 is 27.5 Å². The number of pyridine rings is 2. The second-order valence-corrected chi connectivity index (χ2v) is 11.5. The molecule has 2 aromatic heterocycles. The quantitative estimate of drug-likeness (QED) is 0.341. The Balaban J connectivity index is 0.000000367. The molecule has 0 aliphatic heterocycles. The molecule has 0 saturated carbocycles. The maximum absolute atomic E-state index is 11.7. The highest BCUT2D eigenvalue weighted by molar-refractivity contribution is 7.90. The lowest BCUT2D eigenvalue weighted by molar-refractivity contribution is -0.151. The van der Waals surface area contributed by atoms with E-state index in [1.54, 1.807) is 36.5 Å². The van der Waals surface area contributed by atoms with Crippen LogP contribution in [0.25, 0.3) is 12.2 Å². The van der Waals surface area contributed by atoms with Crippen molar-refractivity contribution >= 4 is 33.9 Å². The van der Waals surface area contributed by atoms with Crippen molar-refractivity contribution in [1.29, 1.82) is 0 Å². The third-order valence-electron chi connectivity index (χ3n) is 4.81. The van der Waals surface area contributed by atoms with Gasteiger partial charge >= 0.3 is 11.9 Å². The van der Waals surface area contributed by atoms with E-state index in [0.717, 1.165) is 22.4 Å². The molecule has 41 heavy (non-hydrogen) atoms. The van der Waals surface area contributed by atoms with Gasteiger partial charge in [-0.15, -0.1) is 0 Å². The summed E-state index contributed by atoms with van der Waals surface area (Å²) in [6.07, 6.45) is 6.12. The number of aromatic nitrogens is 2. The van der Waals surface area contributed by atoms with Crippen molar-refractivity contribution in [3.63, 3.8) is 0 Å². The number of hydrogen-bond acceptors (Lipinski definition) is 8. The molecule has 1 aromatic carbocycles. The summed E-state index contributed by atoms with van der Waals surface area (Å²) >= 11 is 0. The van der Waals surface area contributed by atoms with Crippen LogP contribution in [0.4, 0.5) is 0 Å². The van der Waals surface area contributed by atoms with Gasteiger partial charge in [-0.1, -0.05) is 49.3 Å². The fourth-order valence-corrected chi connectivity index (χ4v) is 3.89. The van der Waals surface area contributed by atoms with E-state index in [1.165, 1.54) is 32.4 Å². The number of sulfone groups is 1. The summed E-state index contributed by atoms with van der Waals surface area (Å²) in [4.78, 5) is 29.8. The maximum atomic E-state index is 11.7. The van der Waals surface area contributed by atoms with Crippen molar-refractivity contribution in [2.45, 2.75) is 45.1 Å². The van der Waals surface area contributed by atoms with Crippen molar-refractivity contribution in [3.8, 4) is 11.8 Å². The number of hydrogen-bond donors (Lipinski definition) is 0. The molecule has 0 fully saturated rings. The molecular weight excluding hydrogens is 540 g/mol. The van der Waals surface area contributed by atoms with Gasteiger partial charge < -0.3 is 9.47 Å². The highest BCUT2D eigenvalue weighted by Gasteiger charge is 2.12. The summed E-state index contributed by atoms with van der Waals surface area (Å²) in [6.45, 7) is 16.4. The minimum absolute atomic E-state index is 0.182. The van der Waals surface area contributed by atoms with Gasteiger partial charge in [0.05, 0.1) is 17.4 Å². The Morgan fingerprint density at radius 3 is 2.10 bits per heavy atom. The van der Waals surface area contributed by atoms with Crippen LogP contribution in [0.1, 0.15) is 56.2 Å². The average Bonchev–Trinajstić information content (AvgIpc) is 2.90. The van der Waals surface area contributed by atoms with E-state index < -0.39 is 15.8 Å². The molecule has 0 aliphatic rings. The summed E-state index contributed by atoms with van der Waals surface area (Å²) in [5.41, 5.74) is 1.91. The summed E-state index contributed by atoms with van der Waals surface area (Å²) in [5, 5.41) is 1.88. The number of benzene rings is 1. The van der Waals surface area contributed by atoms with Crippen LogP contribution in [0.15, 0.2) is 78.5 Å². The van der Waals surface area contributed by atoms with Gasteiger partial charge in [-0.05, 0) is 68.8 Å². The van der Waals surface area contributed by atoms with E-state index in [4.69, 9.17) is 4.74 Å².